The quantitative estimate of drug-likeness (QED) is 0.776. The zero-order chi connectivity index (χ0) is 13.8. The Morgan fingerprint density at radius 3 is 2.95 bits per heavy atom. The Labute approximate surface area is 123 Å². The van der Waals surface area contributed by atoms with E-state index in [1.807, 2.05) is 18.2 Å². The van der Waals surface area contributed by atoms with E-state index in [4.69, 9.17) is 0 Å². The number of amides is 1. The van der Waals surface area contributed by atoms with Crippen LogP contribution < -0.4 is 10.6 Å². The molecule has 0 saturated heterocycles. The van der Waals surface area contributed by atoms with E-state index in [9.17, 15) is 4.79 Å². The van der Waals surface area contributed by atoms with E-state index in [1.54, 1.807) is 0 Å². The van der Waals surface area contributed by atoms with Gasteiger partial charge in [-0.1, -0.05) is 48.2 Å². The van der Waals surface area contributed by atoms with Gasteiger partial charge in [0, 0.05) is 21.8 Å². The first-order chi connectivity index (χ1) is 9.13. The summed E-state index contributed by atoms with van der Waals surface area (Å²) in [6, 6.07) is 5.98. The number of nitrogens with one attached hydrogen (secondary N) is 2. The zero-order valence-corrected chi connectivity index (χ0v) is 13.1. The highest BCUT2D eigenvalue weighted by Crippen LogP contribution is 2.36. The van der Waals surface area contributed by atoms with Gasteiger partial charge in [0.2, 0.25) is 5.91 Å². The lowest BCUT2D eigenvalue weighted by molar-refractivity contribution is -0.117. The molecule has 104 valence electrons. The van der Waals surface area contributed by atoms with E-state index in [-0.39, 0.29) is 11.9 Å². The Morgan fingerprint density at radius 1 is 1.42 bits per heavy atom. The number of halogens is 1. The molecule has 0 bridgehead atoms. The van der Waals surface area contributed by atoms with Crippen molar-refractivity contribution in [3.63, 3.8) is 0 Å². The molecular formula is C15H21BrN2O. The molecule has 0 radical (unpaired) electrons. The van der Waals surface area contributed by atoms with Crippen molar-refractivity contribution in [2.45, 2.75) is 51.6 Å². The van der Waals surface area contributed by atoms with E-state index in [2.05, 4.69) is 40.4 Å². The lowest BCUT2D eigenvalue weighted by Gasteiger charge is -2.19. The van der Waals surface area contributed by atoms with E-state index in [1.165, 1.54) is 19.3 Å². The first kappa shape index (κ1) is 14.5. The molecule has 1 aliphatic rings. The highest BCUT2D eigenvalue weighted by Gasteiger charge is 2.32. The summed E-state index contributed by atoms with van der Waals surface area (Å²) in [5, 5.41) is 6.37. The van der Waals surface area contributed by atoms with Gasteiger partial charge in [-0.05, 0) is 25.5 Å². The highest BCUT2D eigenvalue weighted by molar-refractivity contribution is 9.10. The smallest absolute Gasteiger partial charge is 0.246 e. The first-order valence-corrected chi connectivity index (χ1v) is 7.78. The van der Waals surface area contributed by atoms with Crippen molar-refractivity contribution in [3.8, 4) is 0 Å². The Bertz CT molecular complexity index is 461. The molecule has 0 fully saturated rings. The zero-order valence-electron chi connectivity index (χ0n) is 11.5. The molecule has 19 heavy (non-hydrogen) atoms. The fourth-order valence-electron chi connectivity index (χ4n) is 2.50. The number of anilines is 1. The van der Waals surface area contributed by atoms with E-state index in [0.717, 1.165) is 22.1 Å². The van der Waals surface area contributed by atoms with Gasteiger partial charge in [-0.25, -0.2) is 0 Å². The third kappa shape index (κ3) is 3.37. The summed E-state index contributed by atoms with van der Waals surface area (Å²) in [5.41, 5.74) is 1.95. The van der Waals surface area contributed by atoms with Crippen LogP contribution in [0.2, 0.25) is 0 Å². The number of carbonyl (C=O) groups excluding carboxylic acids is 1. The van der Waals surface area contributed by atoms with Crippen LogP contribution in [0, 0.1) is 0 Å². The van der Waals surface area contributed by atoms with Crippen molar-refractivity contribution < 1.29 is 4.79 Å². The standard InChI is InChI=1S/C15H21BrN2O/c1-3-4-5-7-10(2)17-14-13-11(16)8-6-9-12(13)18-15(14)19/h6,8-10,14,17H,3-5,7H2,1-2H3,(H,18,19). The van der Waals surface area contributed by atoms with Gasteiger partial charge >= 0.3 is 0 Å². The van der Waals surface area contributed by atoms with Gasteiger partial charge in [0.1, 0.15) is 6.04 Å². The monoisotopic (exact) mass is 324 g/mol. The third-order valence-corrected chi connectivity index (χ3v) is 4.25. The largest absolute Gasteiger partial charge is 0.324 e. The molecule has 4 heteroatoms. The van der Waals surface area contributed by atoms with Crippen LogP contribution in [0.5, 0.6) is 0 Å². The lowest BCUT2D eigenvalue weighted by Crippen LogP contribution is -2.34. The van der Waals surface area contributed by atoms with Gasteiger partial charge in [0.15, 0.2) is 0 Å². The Hall–Kier alpha value is -0.870. The molecule has 1 heterocycles. The Kier molecular flexibility index (Phi) is 4.99. The van der Waals surface area contributed by atoms with Crippen molar-refractivity contribution in [1.29, 1.82) is 0 Å². The van der Waals surface area contributed by atoms with E-state index in [0.29, 0.717) is 6.04 Å². The molecule has 0 aliphatic carbocycles. The van der Waals surface area contributed by atoms with Crippen LogP contribution in [0.25, 0.3) is 0 Å². The maximum Gasteiger partial charge on any atom is 0.246 e. The second kappa shape index (κ2) is 6.53. The summed E-state index contributed by atoms with van der Waals surface area (Å²) in [4.78, 5) is 12.1. The predicted octanol–water partition coefficient (Wildman–Crippen LogP) is 4.00. The number of hydrogen-bond acceptors (Lipinski definition) is 2. The van der Waals surface area contributed by atoms with Crippen molar-refractivity contribution >= 4 is 27.5 Å². The van der Waals surface area contributed by atoms with Gasteiger partial charge in [-0.15, -0.1) is 0 Å². The molecule has 0 saturated carbocycles. The molecule has 1 aliphatic heterocycles. The number of carbonyl (C=O) groups is 1. The van der Waals surface area contributed by atoms with Crippen LogP contribution in [-0.4, -0.2) is 11.9 Å². The van der Waals surface area contributed by atoms with Gasteiger partial charge in [0.25, 0.3) is 0 Å². The van der Waals surface area contributed by atoms with Crippen molar-refractivity contribution in [3.05, 3.63) is 28.2 Å². The molecular weight excluding hydrogens is 304 g/mol. The molecule has 3 nitrogen and oxygen atoms in total. The number of rotatable bonds is 6. The van der Waals surface area contributed by atoms with Gasteiger partial charge in [0.05, 0.1) is 0 Å². The molecule has 2 N–H and O–H groups in total. The molecule has 1 aromatic carbocycles. The summed E-state index contributed by atoms with van der Waals surface area (Å²) in [6.07, 6.45) is 4.80. The van der Waals surface area contributed by atoms with Crippen LogP contribution in [0.4, 0.5) is 5.69 Å². The number of hydrogen-bond donors (Lipinski definition) is 2. The second-order valence-corrected chi connectivity index (χ2v) is 6.04. The Morgan fingerprint density at radius 2 is 2.21 bits per heavy atom. The average Bonchev–Trinajstić information content (AvgIpc) is 2.67. The minimum Gasteiger partial charge on any atom is -0.324 e. The average molecular weight is 325 g/mol. The van der Waals surface area contributed by atoms with Gasteiger partial charge < -0.3 is 5.32 Å². The summed E-state index contributed by atoms with van der Waals surface area (Å²) in [6.45, 7) is 4.35. The molecule has 0 spiro atoms. The van der Waals surface area contributed by atoms with Gasteiger partial charge in [-0.2, -0.15) is 0 Å². The summed E-state index contributed by atoms with van der Waals surface area (Å²) in [7, 11) is 0. The predicted molar refractivity (Wildman–Crippen MR) is 82.3 cm³/mol. The fourth-order valence-corrected chi connectivity index (χ4v) is 3.10. The van der Waals surface area contributed by atoms with Crippen LogP contribution in [0.15, 0.2) is 22.7 Å². The van der Waals surface area contributed by atoms with Gasteiger partial charge in [-0.3, -0.25) is 10.1 Å². The fraction of sp³-hybridized carbons (Fsp3) is 0.533. The molecule has 1 aromatic rings. The topological polar surface area (TPSA) is 41.1 Å². The summed E-state index contributed by atoms with van der Waals surface area (Å²) < 4.78 is 0.988. The van der Waals surface area contributed by atoms with Crippen LogP contribution >= 0.6 is 15.9 Å². The number of fused-ring (bicyclic) bond motifs is 1. The number of benzene rings is 1. The summed E-state index contributed by atoms with van der Waals surface area (Å²) >= 11 is 3.54. The Balaban J connectivity index is 2.03. The molecule has 2 unspecified atom stereocenters. The molecule has 0 aromatic heterocycles. The lowest BCUT2D eigenvalue weighted by atomic mass is 10.0. The third-order valence-electron chi connectivity index (χ3n) is 3.55. The van der Waals surface area contributed by atoms with Crippen LogP contribution in [0.1, 0.15) is 51.1 Å². The second-order valence-electron chi connectivity index (χ2n) is 5.19. The first-order valence-electron chi connectivity index (χ1n) is 6.98. The molecule has 2 rings (SSSR count). The minimum absolute atomic E-state index is 0.0456. The van der Waals surface area contributed by atoms with Crippen molar-refractivity contribution in [2.24, 2.45) is 0 Å². The maximum absolute atomic E-state index is 12.1. The molecule has 1 amide bonds. The normalized spacial score (nSPS) is 19.1. The molecule has 2 atom stereocenters. The SMILES string of the molecule is CCCCCC(C)NC1C(=O)Nc2cccc(Br)c21. The number of unbranched alkanes of at least 4 members (excludes halogenated alkanes) is 2. The van der Waals surface area contributed by atoms with Crippen LogP contribution in [0.3, 0.4) is 0 Å². The van der Waals surface area contributed by atoms with E-state index < -0.39 is 0 Å². The van der Waals surface area contributed by atoms with Crippen molar-refractivity contribution in [1.82, 2.24) is 5.32 Å². The van der Waals surface area contributed by atoms with Crippen molar-refractivity contribution in [2.75, 3.05) is 5.32 Å². The summed E-state index contributed by atoms with van der Waals surface area (Å²) in [5.74, 6) is 0.0456. The minimum atomic E-state index is -0.234. The van der Waals surface area contributed by atoms with E-state index >= 15 is 0 Å². The highest BCUT2D eigenvalue weighted by atomic mass is 79.9. The van der Waals surface area contributed by atoms with Crippen LogP contribution in [-0.2, 0) is 4.79 Å². The maximum atomic E-state index is 12.1.